The molecule has 28 heavy (non-hydrogen) atoms. The van der Waals surface area contributed by atoms with Crippen molar-refractivity contribution in [3.63, 3.8) is 0 Å². The van der Waals surface area contributed by atoms with Gasteiger partial charge in [0, 0.05) is 30.7 Å². The molecule has 148 valence electrons. The van der Waals surface area contributed by atoms with E-state index < -0.39 is 0 Å². The molecule has 1 aromatic heterocycles. The highest BCUT2D eigenvalue weighted by Gasteiger charge is 2.16. The van der Waals surface area contributed by atoms with Crippen LogP contribution in [0.3, 0.4) is 0 Å². The van der Waals surface area contributed by atoms with Gasteiger partial charge in [0.05, 0.1) is 22.7 Å². The summed E-state index contributed by atoms with van der Waals surface area (Å²) >= 11 is 13.1. The molecule has 3 aromatic rings. The molecule has 0 saturated heterocycles. The van der Waals surface area contributed by atoms with Gasteiger partial charge in [-0.2, -0.15) is 0 Å². The van der Waals surface area contributed by atoms with Crippen molar-refractivity contribution in [1.82, 2.24) is 0 Å². The van der Waals surface area contributed by atoms with Crippen LogP contribution in [-0.2, 0) is 7.05 Å². The molecule has 0 radical (unpaired) electrons. The number of nitrogens with zero attached hydrogens (tertiary/aromatic N) is 4. The fourth-order valence-corrected chi connectivity index (χ4v) is 4.14. The van der Waals surface area contributed by atoms with Crippen molar-refractivity contribution in [1.29, 1.82) is 0 Å². The molecule has 3 rings (SSSR count). The fourth-order valence-electron chi connectivity index (χ4n) is 2.86. The zero-order valence-electron chi connectivity index (χ0n) is 15.9. The Hall–Kier alpha value is -1.89. The van der Waals surface area contributed by atoms with Gasteiger partial charge < -0.3 is 9.64 Å². The summed E-state index contributed by atoms with van der Waals surface area (Å²) in [5.74, 6) is 1.89. The van der Waals surface area contributed by atoms with Gasteiger partial charge in [-0.25, -0.2) is 4.57 Å². The minimum atomic E-state index is 0.469. The minimum absolute atomic E-state index is 0.469. The Labute approximate surface area is 179 Å². The first-order valence-electron chi connectivity index (χ1n) is 9.10. The monoisotopic (exact) mass is 437 g/mol. The number of alkyl halides is 2. The molecule has 0 unspecified atom stereocenters. The van der Waals surface area contributed by atoms with Crippen molar-refractivity contribution >= 4 is 61.3 Å². The van der Waals surface area contributed by atoms with Crippen LogP contribution in [0.15, 0.2) is 52.7 Å². The lowest BCUT2D eigenvalue weighted by molar-refractivity contribution is -0.627. The summed E-state index contributed by atoms with van der Waals surface area (Å²) in [6.45, 7) is 4.36. The molecule has 0 N–H and O–H groups in total. The number of aromatic nitrogens is 1. The average Bonchev–Trinajstić information content (AvgIpc) is 3.04. The fraction of sp³-hybridized carbons (Fsp3) is 0.350. The summed E-state index contributed by atoms with van der Waals surface area (Å²) in [7, 11) is 1.99. The molecule has 0 spiro atoms. The van der Waals surface area contributed by atoms with Gasteiger partial charge >= 0.3 is 5.13 Å². The summed E-state index contributed by atoms with van der Waals surface area (Å²) in [5.41, 5.74) is 3.04. The molecule has 1 heterocycles. The standard InChI is InChI=1S/C20H23Cl2N4OS/c1-3-26(12-10-21)16-6-4-15(5-7-16)23-24-20-25(2)18-9-8-17(27-13-11-22)14-19(18)28-20/h4-9,14H,3,10-13H2,1-2H3/q+1. The summed E-state index contributed by atoms with van der Waals surface area (Å²) < 4.78 is 8.72. The summed E-state index contributed by atoms with van der Waals surface area (Å²) in [4.78, 5) is 2.23. The van der Waals surface area contributed by atoms with E-state index in [4.69, 9.17) is 27.9 Å². The quantitative estimate of drug-likeness (QED) is 0.240. The largest absolute Gasteiger partial charge is 0.492 e. The zero-order chi connectivity index (χ0) is 19.9. The maximum Gasteiger partial charge on any atom is 0.409 e. The number of ether oxygens (including phenoxy) is 1. The van der Waals surface area contributed by atoms with Crippen LogP contribution in [-0.4, -0.2) is 31.5 Å². The first-order chi connectivity index (χ1) is 13.7. The van der Waals surface area contributed by atoms with Gasteiger partial charge in [-0.15, -0.1) is 23.2 Å². The SMILES string of the molecule is CCN(CCCl)c1ccc(N=Nc2sc3cc(OCCCl)ccc3[n+]2C)cc1. The molecule has 0 aliphatic rings. The van der Waals surface area contributed by atoms with Gasteiger partial charge in [0.1, 0.15) is 23.6 Å². The second-order valence-electron chi connectivity index (χ2n) is 6.10. The first-order valence-corrected chi connectivity index (χ1v) is 11.0. The first kappa shape index (κ1) is 20.8. The summed E-state index contributed by atoms with van der Waals surface area (Å²) in [6, 6.07) is 14.0. The normalized spacial score (nSPS) is 11.4. The minimum Gasteiger partial charge on any atom is -0.492 e. The number of aryl methyl sites for hydroxylation is 1. The number of fused-ring (bicyclic) bond motifs is 1. The van der Waals surface area contributed by atoms with Crippen LogP contribution in [0, 0.1) is 0 Å². The molecule has 0 saturated carbocycles. The van der Waals surface area contributed by atoms with Crippen LogP contribution >= 0.6 is 34.5 Å². The maximum absolute atomic E-state index is 5.87. The van der Waals surface area contributed by atoms with Crippen LogP contribution < -0.4 is 14.2 Å². The molecule has 0 aliphatic heterocycles. The van der Waals surface area contributed by atoms with Gasteiger partial charge in [0.15, 0.2) is 0 Å². The average molecular weight is 438 g/mol. The molecule has 5 nitrogen and oxygen atoms in total. The smallest absolute Gasteiger partial charge is 0.409 e. The van der Waals surface area contributed by atoms with E-state index >= 15 is 0 Å². The predicted octanol–water partition coefficient (Wildman–Crippen LogP) is 5.82. The summed E-state index contributed by atoms with van der Waals surface area (Å²) in [5, 5.41) is 9.67. The van der Waals surface area contributed by atoms with E-state index in [1.165, 1.54) is 0 Å². The molecule has 0 aliphatic carbocycles. The van der Waals surface area contributed by atoms with Gasteiger partial charge in [0.2, 0.25) is 0 Å². The Morgan fingerprint density at radius 2 is 1.86 bits per heavy atom. The van der Waals surface area contributed by atoms with Gasteiger partial charge in [-0.3, -0.25) is 0 Å². The number of azo groups is 1. The second kappa shape index (κ2) is 10.0. The van der Waals surface area contributed by atoms with Gasteiger partial charge in [0.25, 0.3) is 0 Å². The molecule has 2 aromatic carbocycles. The number of anilines is 1. The molecular formula is C20H23Cl2N4OS+. The third-order valence-electron chi connectivity index (χ3n) is 4.33. The van der Waals surface area contributed by atoms with Crippen LogP contribution in [0.4, 0.5) is 16.5 Å². The van der Waals surface area contributed by atoms with E-state index in [-0.39, 0.29) is 0 Å². The lowest BCUT2D eigenvalue weighted by atomic mass is 10.2. The maximum atomic E-state index is 5.87. The van der Waals surface area contributed by atoms with E-state index in [0.29, 0.717) is 18.4 Å². The van der Waals surface area contributed by atoms with Crippen LogP contribution in [0.5, 0.6) is 5.75 Å². The molecule has 0 atom stereocenters. The van der Waals surface area contributed by atoms with Crippen molar-refractivity contribution in [2.45, 2.75) is 6.92 Å². The van der Waals surface area contributed by atoms with E-state index in [1.54, 1.807) is 11.3 Å². The Kier molecular flexibility index (Phi) is 7.48. The lowest BCUT2D eigenvalue weighted by Crippen LogP contribution is -2.25. The predicted molar refractivity (Wildman–Crippen MR) is 118 cm³/mol. The van der Waals surface area contributed by atoms with Crippen LogP contribution in [0.25, 0.3) is 10.2 Å². The molecule has 0 amide bonds. The van der Waals surface area contributed by atoms with E-state index in [1.807, 2.05) is 41.9 Å². The molecular weight excluding hydrogens is 415 g/mol. The number of thiazole rings is 1. The number of hydrogen-bond acceptors (Lipinski definition) is 5. The van der Waals surface area contributed by atoms with E-state index in [2.05, 4.69) is 34.2 Å². The van der Waals surface area contributed by atoms with Crippen molar-refractivity contribution in [2.24, 2.45) is 17.3 Å². The number of hydrogen-bond donors (Lipinski definition) is 0. The Morgan fingerprint density at radius 3 is 2.54 bits per heavy atom. The highest BCUT2D eigenvalue weighted by molar-refractivity contribution is 7.21. The summed E-state index contributed by atoms with van der Waals surface area (Å²) in [6.07, 6.45) is 0. The highest BCUT2D eigenvalue weighted by Crippen LogP contribution is 2.30. The third kappa shape index (κ3) is 4.93. The molecule has 0 fully saturated rings. The third-order valence-corrected chi connectivity index (χ3v) is 5.74. The van der Waals surface area contributed by atoms with Crippen molar-refractivity contribution in [3.05, 3.63) is 42.5 Å². The van der Waals surface area contributed by atoms with Gasteiger partial charge in [-0.05, 0) is 59.8 Å². The molecule has 8 heteroatoms. The number of benzene rings is 2. The van der Waals surface area contributed by atoms with Gasteiger partial charge in [-0.1, -0.05) is 0 Å². The van der Waals surface area contributed by atoms with Crippen molar-refractivity contribution in [2.75, 3.05) is 36.4 Å². The topological polar surface area (TPSA) is 41.1 Å². The second-order valence-corrected chi connectivity index (χ2v) is 7.86. The van der Waals surface area contributed by atoms with Crippen molar-refractivity contribution in [3.8, 4) is 5.75 Å². The van der Waals surface area contributed by atoms with Crippen molar-refractivity contribution < 1.29 is 9.30 Å². The number of halogens is 2. The van der Waals surface area contributed by atoms with Crippen LogP contribution in [0.1, 0.15) is 6.92 Å². The van der Waals surface area contributed by atoms with Crippen LogP contribution in [0.2, 0.25) is 0 Å². The zero-order valence-corrected chi connectivity index (χ0v) is 18.3. The Bertz CT molecular complexity index is 943. The highest BCUT2D eigenvalue weighted by atomic mass is 35.5. The lowest BCUT2D eigenvalue weighted by Gasteiger charge is -2.21. The Morgan fingerprint density at radius 1 is 1.07 bits per heavy atom. The van der Waals surface area contributed by atoms with E-state index in [0.717, 1.165) is 45.6 Å². The Balaban J connectivity index is 1.78. The number of rotatable bonds is 9. The van der Waals surface area contributed by atoms with E-state index in [9.17, 15) is 0 Å². The molecule has 0 bridgehead atoms.